The lowest BCUT2D eigenvalue weighted by molar-refractivity contribution is -0.156. The lowest BCUT2D eigenvalue weighted by Gasteiger charge is -2.29. The van der Waals surface area contributed by atoms with E-state index < -0.39 is 16.1 Å². The molecule has 2 aromatic rings. The van der Waals surface area contributed by atoms with E-state index in [1.165, 1.54) is 21.9 Å². The number of rotatable bonds is 5. The number of hydrogen-bond acceptors (Lipinski definition) is 8. The Labute approximate surface area is 149 Å². The van der Waals surface area contributed by atoms with Crippen molar-refractivity contribution < 1.29 is 22.4 Å². The Bertz CT molecular complexity index is 823. The maximum absolute atomic E-state index is 12.3. The monoisotopic (exact) mass is 385 g/mol. The second-order valence-corrected chi connectivity index (χ2v) is 8.87. The molecule has 0 saturated carbocycles. The average Bonchev–Trinajstić information content (AvgIpc) is 3.25. The summed E-state index contributed by atoms with van der Waals surface area (Å²) < 4.78 is 35.4. The first-order valence-electron chi connectivity index (χ1n) is 7.87. The van der Waals surface area contributed by atoms with Gasteiger partial charge < -0.3 is 9.15 Å². The normalized spacial score (nSPS) is 18.2. The molecule has 1 unspecified atom stereocenters. The Morgan fingerprint density at radius 3 is 2.72 bits per heavy atom. The number of esters is 1. The van der Waals surface area contributed by atoms with E-state index in [0.717, 1.165) is 4.88 Å². The van der Waals surface area contributed by atoms with Gasteiger partial charge in [-0.3, -0.25) is 4.79 Å². The number of hydrogen-bond donors (Lipinski definition) is 0. The van der Waals surface area contributed by atoms with Crippen molar-refractivity contribution in [3.05, 3.63) is 23.4 Å². The highest BCUT2D eigenvalue weighted by Crippen LogP contribution is 2.27. The zero-order chi connectivity index (χ0) is 18.0. The zero-order valence-electron chi connectivity index (χ0n) is 13.9. The fourth-order valence-electron chi connectivity index (χ4n) is 2.64. The van der Waals surface area contributed by atoms with Gasteiger partial charge in [-0.1, -0.05) is 6.07 Å². The van der Waals surface area contributed by atoms with Crippen molar-refractivity contribution in [1.29, 1.82) is 0 Å². The van der Waals surface area contributed by atoms with E-state index in [1.807, 2.05) is 17.5 Å². The maximum Gasteiger partial charge on any atom is 0.309 e. The molecule has 25 heavy (non-hydrogen) atoms. The molecule has 1 fully saturated rings. The molecule has 0 bridgehead atoms. The van der Waals surface area contributed by atoms with E-state index >= 15 is 0 Å². The minimum atomic E-state index is -3.21. The molecule has 8 nitrogen and oxygen atoms in total. The molecule has 2 aromatic heterocycles. The molecule has 1 saturated heterocycles. The summed E-state index contributed by atoms with van der Waals surface area (Å²) in [5.74, 6) is -0.0451. The second kappa shape index (κ2) is 7.22. The van der Waals surface area contributed by atoms with Crippen LogP contribution in [0.5, 0.6) is 0 Å². The van der Waals surface area contributed by atoms with Crippen LogP contribution in [0.1, 0.15) is 31.8 Å². The van der Waals surface area contributed by atoms with Gasteiger partial charge in [0.05, 0.1) is 17.1 Å². The first-order valence-corrected chi connectivity index (χ1v) is 10.6. The standard InChI is InChI=1S/C15H19N3O5S2/c1-10(13-16-17-14(23-13)12-4-3-9-24-12)22-15(19)11-5-7-18(8-6-11)25(2,20)21/h3-4,9-11H,5-8H2,1-2H3. The fraction of sp³-hybridized carbons (Fsp3) is 0.533. The predicted octanol–water partition coefficient (Wildman–Crippen LogP) is 2.07. The molecule has 0 radical (unpaired) electrons. The van der Waals surface area contributed by atoms with Crippen LogP contribution in [0.3, 0.4) is 0 Å². The molecule has 1 aliphatic rings. The number of carbonyl (C=O) groups is 1. The van der Waals surface area contributed by atoms with Crippen LogP contribution in [0.4, 0.5) is 0 Å². The summed E-state index contributed by atoms with van der Waals surface area (Å²) in [6.07, 6.45) is 1.42. The molecule has 136 valence electrons. The molecule has 10 heteroatoms. The first-order chi connectivity index (χ1) is 11.8. The van der Waals surface area contributed by atoms with Crippen molar-refractivity contribution in [3.63, 3.8) is 0 Å². The Hall–Kier alpha value is -1.78. The van der Waals surface area contributed by atoms with Gasteiger partial charge >= 0.3 is 5.97 Å². The Kier molecular flexibility index (Phi) is 5.21. The molecule has 0 amide bonds. The van der Waals surface area contributed by atoms with Crippen LogP contribution in [0.15, 0.2) is 21.9 Å². The highest BCUT2D eigenvalue weighted by molar-refractivity contribution is 7.88. The zero-order valence-corrected chi connectivity index (χ0v) is 15.5. The molecule has 0 aliphatic carbocycles. The predicted molar refractivity (Wildman–Crippen MR) is 91.3 cm³/mol. The van der Waals surface area contributed by atoms with Crippen LogP contribution in [-0.4, -0.2) is 48.2 Å². The summed E-state index contributed by atoms with van der Waals surface area (Å²) in [6.45, 7) is 2.33. The van der Waals surface area contributed by atoms with E-state index in [4.69, 9.17) is 9.15 Å². The van der Waals surface area contributed by atoms with Gasteiger partial charge in [0.2, 0.25) is 10.0 Å². The molecule has 0 spiro atoms. The number of thiophene rings is 1. The van der Waals surface area contributed by atoms with Gasteiger partial charge in [0.25, 0.3) is 11.8 Å². The van der Waals surface area contributed by atoms with E-state index in [2.05, 4.69) is 10.2 Å². The summed E-state index contributed by atoms with van der Waals surface area (Å²) in [5.41, 5.74) is 0. The molecule has 1 atom stereocenters. The Balaban J connectivity index is 1.56. The minimum absolute atomic E-state index is 0.241. The van der Waals surface area contributed by atoms with Crippen LogP contribution < -0.4 is 0 Å². The number of aromatic nitrogens is 2. The summed E-state index contributed by atoms with van der Waals surface area (Å²) in [5, 5.41) is 9.81. The lowest BCUT2D eigenvalue weighted by Crippen LogP contribution is -2.40. The van der Waals surface area contributed by atoms with E-state index in [0.29, 0.717) is 31.8 Å². The third-order valence-corrected chi connectivity index (χ3v) is 6.23. The number of ether oxygens (including phenoxy) is 1. The van der Waals surface area contributed by atoms with E-state index in [1.54, 1.807) is 6.92 Å². The number of carbonyl (C=O) groups excluding carboxylic acids is 1. The van der Waals surface area contributed by atoms with Crippen LogP contribution in [0.25, 0.3) is 10.8 Å². The van der Waals surface area contributed by atoms with E-state index in [9.17, 15) is 13.2 Å². The van der Waals surface area contributed by atoms with Crippen molar-refractivity contribution in [2.75, 3.05) is 19.3 Å². The Morgan fingerprint density at radius 1 is 1.40 bits per heavy atom. The smallest absolute Gasteiger partial charge is 0.309 e. The summed E-state index contributed by atoms with van der Waals surface area (Å²) >= 11 is 1.48. The van der Waals surface area contributed by atoms with Gasteiger partial charge in [-0.25, -0.2) is 12.7 Å². The molecule has 0 N–H and O–H groups in total. The van der Waals surface area contributed by atoms with Crippen LogP contribution in [0.2, 0.25) is 0 Å². The lowest BCUT2D eigenvalue weighted by atomic mass is 9.98. The Morgan fingerprint density at radius 2 is 2.12 bits per heavy atom. The topological polar surface area (TPSA) is 103 Å². The van der Waals surface area contributed by atoms with Gasteiger partial charge in [-0.05, 0) is 31.2 Å². The molecule has 1 aliphatic heterocycles. The van der Waals surface area contributed by atoms with Crippen LogP contribution in [-0.2, 0) is 19.6 Å². The summed E-state index contributed by atoms with van der Waals surface area (Å²) in [6, 6.07) is 3.75. The van der Waals surface area contributed by atoms with Crippen LogP contribution in [0, 0.1) is 5.92 Å². The van der Waals surface area contributed by atoms with Crippen molar-refractivity contribution in [2.24, 2.45) is 5.92 Å². The number of sulfonamides is 1. The molecule has 0 aromatic carbocycles. The molecule has 3 rings (SSSR count). The van der Waals surface area contributed by atoms with Gasteiger partial charge in [0.15, 0.2) is 6.10 Å². The SMILES string of the molecule is CC(OC(=O)C1CCN(S(C)(=O)=O)CC1)c1nnc(-c2cccs2)o1. The average molecular weight is 385 g/mol. The highest BCUT2D eigenvalue weighted by Gasteiger charge is 2.31. The highest BCUT2D eigenvalue weighted by atomic mass is 32.2. The third kappa shape index (κ3) is 4.25. The molecule has 3 heterocycles. The maximum atomic E-state index is 12.3. The van der Waals surface area contributed by atoms with Crippen molar-refractivity contribution in [2.45, 2.75) is 25.9 Å². The summed E-state index contributed by atoms with van der Waals surface area (Å²) in [4.78, 5) is 13.1. The fourth-order valence-corrected chi connectivity index (χ4v) is 4.16. The molecular weight excluding hydrogens is 366 g/mol. The first kappa shape index (κ1) is 18.0. The number of piperidine rings is 1. The van der Waals surface area contributed by atoms with E-state index in [-0.39, 0.29) is 17.8 Å². The van der Waals surface area contributed by atoms with Gasteiger partial charge in [-0.2, -0.15) is 0 Å². The van der Waals surface area contributed by atoms with Crippen molar-refractivity contribution in [1.82, 2.24) is 14.5 Å². The number of nitrogens with zero attached hydrogens (tertiary/aromatic N) is 3. The van der Waals surface area contributed by atoms with Gasteiger partial charge in [0, 0.05) is 13.1 Å². The minimum Gasteiger partial charge on any atom is -0.452 e. The summed E-state index contributed by atoms with van der Waals surface area (Å²) in [7, 11) is -3.21. The van der Waals surface area contributed by atoms with Crippen LogP contribution >= 0.6 is 11.3 Å². The molecular formula is C15H19N3O5S2. The van der Waals surface area contributed by atoms with Crippen molar-refractivity contribution >= 4 is 27.3 Å². The second-order valence-electron chi connectivity index (χ2n) is 5.94. The van der Waals surface area contributed by atoms with Crippen molar-refractivity contribution in [3.8, 4) is 10.8 Å². The van der Waals surface area contributed by atoms with Gasteiger partial charge in [-0.15, -0.1) is 21.5 Å². The third-order valence-electron chi connectivity index (χ3n) is 4.07. The largest absolute Gasteiger partial charge is 0.452 e. The quantitative estimate of drug-likeness (QED) is 0.726. The van der Waals surface area contributed by atoms with Gasteiger partial charge in [0.1, 0.15) is 0 Å².